The molecule has 0 N–H and O–H groups in total. The number of thioether (sulfide) groups is 2. The summed E-state index contributed by atoms with van der Waals surface area (Å²) in [5.41, 5.74) is 0.939. The number of rotatable bonds is 4. The quantitative estimate of drug-likeness (QED) is 0.585. The molecular formula is C23H29NO3S2. The second-order valence-electron chi connectivity index (χ2n) is 8.12. The molecule has 2 amide bonds. The Labute approximate surface area is 181 Å². The fourth-order valence-electron chi connectivity index (χ4n) is 4.60. The van der Waals surface area contributed by atoms with Gasteiger partial charge in [-0.1, -0.05) is 55.7 Å². The van der Waals surface area contributed by atoms with Gasteiger partial charge in [0, 0.05) is 4.24 Å². The summed E-state index contributed by atoms with van der Waals surface area (Å²) >= 11 is 3.70. The average molecular weight is 432 g/mol. The molecule has 4 nitrogen and oxygen atoms in total. The minimum absolute atomic E-state index is 0.0768. The number of carbonyl (C=O) groups excluding carboxylic acids is 2. The SMILES string of the molecule is C[C@@H]1[C@H](c2ccccc2)OC(=O)N1C(=O)[C@@H](C=C1SCCCS1)C1CCCCC1. The molecule has 0 unspecified atom stereocenters. The van der Waals surface area contributed by atoms with Crippen molar-refractivity contribution in [3.63, 3.8) is 0 Å². The second kappa shape index (κ2) is 9.61. The Morgan fingerprint density at radius 2 is 1.79 bits per heavy atom. The van der Waals surface area contributed by atoms with E-state index in [4.69, 9.17) is 4.74 Å². The van der Waals surface area contributed by atoms with Crippen LogP contribution in [0, 0.1) is 11.8 Å². The van der Waals surface area contributed by atoms with Gasteiger partial charge in [0.15, 0.2) is 0 Å². The molecule has 4 rings (SSSR count). The molecule has 0 radical (unpaired) electrons. The fourth-order valence-corrected chi connectivity index (χ4v) is 7.08. The van der Waals surface area contributed by atoms with Crippen molar-refractivity contribution in [2.45, 2.75) is 57.6 Å². The van der Waals surface area contributed by atoms with Gasteiger partial charge in [-0.2, -0.15) is 0 Å². The monoisotopic (exact) mass is 431 g/mol. The molecule has 3 atom stereocenters. The Balaban J connectivity index is 1.58. The Bertz CT molecular complexity index is 753. The van der Waals surface area contributed by atoms with E-state index in [-0.39, 0.29) is 17.9 Å². The van der Waals surface area contributed by atoms with Crippen molar-refractivity contribution in [1.82, 2.24) is 4.90 Å². The summed E-state index contributed by atoms with van der Waals surface area (Å²) in [6.07, 6.45) is 8.20. The van der Waals surface area contributed by atoms with E-state index < -0.39 is 12.2 Å². The van der Waals surface area contributed by atoms with Gasteiger partial charge >= 0.3 is 6.09 Å². The molecule has 1 aromatic rings. The third kappa shape index (κ3) is 4.69. The van der Waals surface area contributed by atoms with Crippen LogP contribution in [0.5, 0.6) is 0 Å². The molecule has 3 fully saturated rings. The normalized spacial score (nSPS) is 26.9. The van der Waals surface area contributed by atoms with Gasteiger partial charge in [0.2, 0.25) is 5.91 Å². The Kier molecular flexibility index (Phi) is 6.91. The van der Waals surface area contributed by atoms with Crippen molar-refractivity contribution in [1.29, 1.82) is 0 Å². The largest absolute Gasteiger partial charge is 0.439 e. The summed E-state index contributed by atoms with van der Waals surface area (Å²) < 4.78 is 6.91. The van der Waals surface area contributed by atoms with Crippen LogP contribution in [0.2, 0.25) is 0 Å². The predicted octanol–water partition coefficient (Wildman–Crippen LogP) is 6.00. The van der Waals surface area contributed by atoms with E-state index >= 15 is 0 Å². The van der Waals surface area contributed by atoms with Gasteiger partial charge in [0.1, 0.15) is 6.10 Å². The first-order valence-corrected chi connectivity index (χ1v) is 12.7. The number of hydrogen-bond acceptors (Lipinski definition) is 5. The highest BCUT2D eigenvalue weighted by atomic mass is 32.2. The van der Waals surface area contributed by atoms with Gasteiger partial charge in [-0.15, -0.1) is 23.5 Å². The summed E-state index contributed by atoms with van der Waals surface area (Å²) in [7, 11) is 0. The van der Waals surface area contributed by atoms with Gasteiger partial charge in [-0.05, 0) is 49.2 Å². The Morgan fingerprint density at radius 3 is 2.48 bits per heavy atom. The number of nitrogens with zero attached hydrogens (tertiary/aromatic N) is 1. The molecule has 1 aliphatic carbocycles. The standard InChI is InChI=1S/C23H29NO3S2/c1-16-21(18-11-6-3-7-12-18)27-23(26)24(16)22(25)19(17-9-4-2-5-10-17)15-20-28-13-8-14-29-20/h3,6-7,11-12,15-17,19,21H,2,4-5,8-10,13-14H2,1H3/t16-,19+,21-/m1/s1. The third-order valence-corrected chi connectivity index (χ3v) is 8.71. The second-order valence-corrected chi connectivity index (χ2v) is 10.7. The lowest BCUT2D eigenvalue weighted by molar-refractivity contribution is -0.133. The van der Waals surface area contributed by atoms with Crippen LogP contribution >= 0.6 is 23.5 Å². The topological polar surface area (TPSA) is 46.6 Å². The number of imide groups is 1. The molecule has 6 heteroatoms. The molecule has 0 aromatic heterocycles. The van der Waals surface area contributed by atoms with Gasteiger partial charge < -0.3 is 4.74 Å². The molecule has 1 saturated carbocycles. The smallest absolute Gasteiger partial charge is 0.417 e. The zero-order valence-corrected chi connectivity index (χ0v) is 18.6. The van der Waals surface area contributed by atoms with Crippen LogP contribution in [0.3, 0.4) is 0 Å². The van der Waals surface area contributed by atoms with Gasteiger partial charge in [0.05, 0.1) is 12.0 Å². The van der Waals surface area contributed by atoms with Crippen LogP contribution < -0.4 is 0 Å². The molecule has 2 saturated heterocycles. The molecule has 29 heavy (non-hydrogen) atoms. The van der Waals surface area contributed by atoms with E-state index in [1.807, 2.05) is 60.8 Å². The van der Waals surface area contributed by atoms with Crippen LogP contribution in [0.4, 0.5) is 4.79 Å². The van der Waals surface area contributed by atoms with Crippen molar-refractivity contribution in [2.75, 3.05) is 11.5 Å². The average Bonchev–Trinajstić information content (AvgIpc) is 3.07. The summed E-state index contributed by atoms with van der Waals surface area (Å²) in [4.78, 5) is 27.8. The first-order chi connectivity index (χ1) is 14.1. The summed E-state index contributed by atoms with van der Waals surface area (Å²) in [6.45, 7) is 1.93. The Morgan fingerprint density at radius 1 is 1.10 bits per heavy atom. The molecular weight excluding hydrogens is 402 g/mol. The van der Waals surface area contributed by atoms with Crippen LogP contribution in [-0.4, -0.2) is 34.4 Å². The number of hydrogen-bond donors (Lipinski definition) is 0. The fraction of sp³-hybridized carbons (Fsp3) is 0.565. The van der Waals surface area contributed by atoms with Crippen molar-refractivity contribution in [3.8, 4) is 0 Å². The minimum Gasteiger partial charge on any atom is -0.439 e. The minimum atomic E-state index is -0.500. The number of cyclic esters (lactones) is 1. The van der Waals surface area contributed by atoms with Crippen LogP contribution in [0.1, 0.15) is 57.1 Å². The van der Waals surface area contributed by atoms with Gasteiger partial charge in [0.25, 0.3) is 0 Å². The number of amides is 2. The van der Waals surface area contributed by atoms with Crippen LogP contribution in [-0.2, 0) is 9.53 Å². The summed E-state index contributed by atoms with van der Waals surface area (Å²) in [5, 5.41) is 0. The van der Waals surface area contributed by atoms with Gasteiger partial charge in [-0.3, -0.25) is 4.79 Å². The molecule has 2 aliphatic heterocycles. The first-order valence-electron chi connectivity index (χ1n) is 10.7. The molecule has 0 spiro atoms. The van der Waals surface area contributed by atoms with Crippen LogP contribution in [0.15, 0.2) is 40.6 Å². The molecule has 3 aliphatic rings. The zero-order chi connectivity index (χ0) is 20.2. The number of ether oxygens (including phenoxy) is 1. The molecule has 1 aromatic carbocycles. The van der Waals surface area contributed by atoms with E-state index in [1.54, 1.807) is 0 Å². The van der Waals surface area contributed by atoms with Crippen molar-refractivity contribution in [3.05, 3.63) is 46.2 Å². The van der Waals surface area contributed by atoms with E-state index in [0.29, 0.717) is 5.92 Å². The number of carbonyl (C=O) groups is 2. The van der Waals surface area contributed by atoms with Crippen molar-refractivity contribution >= 4 is 35.5 Å². The highest BCUT2D eigenvalue weighted by molar-refractivity contribution is 8.22. The number of benzene rings is 1. The lowest BCUT2D eigenvalue weighted by Crippen LogP contribution is -2.43. The molecule has 2 heterocycles. The lowest BCUT2D eigenvalue weighted by Gasteiger charge is -2.31. The maximum atomic E-state index is 13.7. The summed E-state index contributed by atoms with van der Waals surface area (Å²) in [6, 6.07) is 9.43. The first kappa shape index (κ1) is 20.9. The van der Waals surface area contributed by atoms with Crippen LogP contribution in [0.25, 0.3) is 0 Å². The Hall–Kier alpha value is -1.40. The summed E-state index contributed by atoms with van der Waals surface area (Å²) in [5.74, 6) is 2.24. The molecule has 0 bridgehead atoms. The maximum Gasteiger partial charge on any atom is 0.417 e. The highest BCUT2D eigenvalue weighted by Gasteiger charge is 2.46. The maximum absolute atomic E-state index is 13.7. The highest BCUT2D eigenvalue weighted by Crippen LogP contribution is 2.41. The van der Waals surface area contributed by atoms with E-state index in [2.05, 4.69) is 6.08 Å². The van der Waals surface area contributed by atoms with E-state index in [1.165, 1.54) is 34.8 Å². The predicted molar refractivity (Wildman–Crippen MR) is 120 cm³/mol. The molecule has 156 valence electrons. The van der Waals surface area contributed by atoms with Crippen molar-refractivity contribution in [2.24, 2.45) is 11.8 Å². The third-order valence-electron chi connectivity index (χ3n) is 6.17. The van der Waals surface area contributed by atoms with Crippen molar-refractivity contribution < 1.29 is 14.3 Å². The van der Waals surface area contributed by atoms with Gasteiger partial charge in [-0.25, -0.2) is 9.69 Å². The lowest BCUT2D eigenvalue weighted by atomic mass is 9.79. The van der Waals surface area contributed by atoms with E-state index in [9.17, 15) is 9.59 Å². The zero-order valence-electron chi connectivity index (χ0n) is 16.9. The van der Waals surface area contributed by atoms with E-state index in [0.717, 1.165) is 29.9 Å².